The number of benzene rings is 1. The highest BCUT2D eigenvalue weighted by Gasteiger charge is 2.31. The van der Waals surface area contributed by atoms with Gasteiger partial charge in [-0.25, -0.2) is 0 Å². The van der Waals surface area contributed by atoms with Crippen LogP contribution in [0.2, 0.25) is 0 Å². The fraction of sp³-hybridized carbons (Fsp3) is 0.417. The highest BCUT2D eigenvalue weighted by atomic mass is 79.9. The zero-order valence-electron chi connectivity index (χ0n) is 9.74. The molecule has 0 bridgehead atoms. The van der Waals surface area contributed by atoms with Gasteiger partial charge in [-0.15, -0.1) is 0 Å². The number of carbonyl (C=O) groups excluding carboxylic acids is 1. The highest BCUT2D eigenvalue weighted by Crippen LogP contribution is 2.32. The first-order valence-electron chi connectivity index (χ1n) is 5.66. The summed E-state index contributed by atoms with van der Waals surface area (Å²) in [5.41, 5.74) is 7.65. The standard InChI is InChI=1S/C12H16BrN3O/c1-15-12(17)11-3-2-6-16(11)10-5-4-8(13)7-9(10)14/h4-5,7,11H,2-3,6,14H2,1H3,(H,15,17). The van der Waals surface area contributed by atoms with Crippen LogP contribution in [0.25, 0.3) is 0 Å². The number of nitrogen functional groups attached to an aromatic ring is 1. The largest absolute Gasteiger partial charge is 0.397 e. The van der Waals surface area contributed by atoms with Crippen molar-refractivity contribution >= 4 is 33.2 Å². The molecule has 1 aliphatic heterocycles. The molecule has 0 spiro atoms. The summed E-state index contributed by atoms with van der Waals surface area (Å²) in [6, 6.07) is 5.68. The molecule has 1 atom stereocenters. The second kappa shape index (κ2) is 4.96. The Bertz CT molecular complexity index is 436. The van der Waals surface area contributed by atoms with E-state index in [0.29, 0.717) is 5.69 Å². The zero-order chi connectivity index (χ0) is 12.4. The summed E-state index contributed by atoms with van der Waals surface area (Å²) in [6.45, 7) is 0.879. The summed E-state index contributed by atoms with van der Waals surface area (Å²) >= 11 is 3.38. The topological polar surface area (TPSA) is 58.4 Å². The molecule has 17 heavy (non-hydrogen) atoms. The Balaban J connectivity index is 2.29. The number of likely N-dealkylation sites (N-methyl/N-ethyl adjacent to an activating group) is 1. The molecule has 4 nitrogen and oxygen atoms in total. The van der Waals surface area contributed by atoms with Gasteiger partial charge in [0.2, 0.25) is 5.91 Å². The van der Waals surface area contributed by atoms with Gasteiger partial charge < -0.3 is 16.0 Å². The van der Waals surface area contributed by atoms with Crippen LogP contribution in [-0.4, -0.2) is 25.5 Å². The summed E-state index contributed by atoms with van der Waals surface area (Å²) in [4.78, 5) is 13.9. The second-order valence-electron chi connectivity index (χ2n) is 4.17. The fourth-order valence-corrected chi connectivity index (χ4v) is 2.66. The summed E-state index contributed by atoms with van der Waals surface area (Å²) in [5, 5.41) is 2.71. The summed E-state index contributed by atoms with van der Waals surface area (Å²) in [5.74, 6) is 0.0600. The van der Waals surface area contributed by atoms with E-state index in [-0.39, 0.29) is 11.9 Å². The molecule has 0 aliphatic carbocycles. The average Bonchev–Trinajstić information content (AvgIpc) is 2.77. The number of anilines is 2. The smallest absolute Gasteiger partial charge is 0.242 e. The van der Waals surface area contributed by atoms with Gasteiger partial charge in [0.05, 0.1) is 11.4 Å². The number of nitrogens with two attached hydrogens (primary N) is 1. The molecule has 3 N–H and O–H groups in total. The lowest BCUT2D eigenvalue weighted by molar-refractivity contribution is -0.121. The van der Waals surface area contributed by atoms with E-state index in [1.54, 1.807) is 7.05 Å². The molecule has 1 aromatic rings. The van der Waals surface area contributed by atoms with Crippen LogP contribution in [0.15, 0.2) is 22.7 Å². The van der Waals surface area contributed by atoms with Crippen molar-refractivity contribution in [2.75, 3.05) is 24.2 Å². The van der Waals surface area contributed by atoms with Crippen LogP contribution in [0.5, 0.6) is 0 Å². The zero-order valence-corrected chi connectivity index (χ0v) is 11.3. The first-order chi connectivity index (χ1) is 8.13. The minimum atomic E-state index is -0.0940. The van der Waals surface area contributed by atoms with Crippen molar-refractivity contribution < 1.29 is 4.79 Å². The van der Waals surface area contributed by atoms with Gasteiger partial charge in [0.15, 0.2) is 0 Å². The molecule has 1 aliphatic rings. The molecule has 1 saturated heterocycles. The first kappa shape index (κ1) is 12.2. The lowest BCUT2D eigenvalue weighted by atomic mass is 10.2. The Hall–Kier alpha value is -1.23. The van der Waals surface area contributed by atoms with Crippen molar-refractivity contribution in [3.05, 3.63) is 22.7 Å². The summed E-state index contributed by atoms with van der Waals surface area (Å²) in [6.07, 6.45) is 1.91. The Morgan fingerprint density at radius 2 is 2.35 bits per heavy atom. The molecule has 1 fully saturated rings. The molecule has 5 heteroatoms. The van der Waals surface area contributed by atoms with Crippen molar-refractivity contribution in [3.63, 3.8) is 0 Å². The lowest BCUT2D eigenvalue weighted by Crippen LogP contribution is -2.42. The SMILES string of the molecule is CNC(=O)C1CCCN1c1ccc(Br)cc1N. The van der Waals surface area contributed by atoms with Gasteiger partial charge in [-0.05, 0) is 31.0 Å². The van der Waals surface area contributed by atoms with Crippen LogP contribution in [-0.2, 0) is 4.79 Å². The molecular formula is C12H16BrN3O. The van der Waals surface area contributed by atoms with Crippen molar-refractivity contribution in [2.45, 2.75) is 18.9 Å². The van der Waals surface area contributed by atoms with Crippen LogP contribution in [0, 0.1) is 0 Å². The number of nitrogens with zero attached hydrogens (tertiary/aromatic N) is 1. The van der Waals surface area contributed by atoms with Crippen LogP contribution < -0.4 is 16.0 Å². The predicted octanol–water partition coefficient (Wildman–Crippen LogP) is 1.75. The molecule has 0 saturated carbocycles. The molecule has 1 heterocycles. The maximum atomic E-state index is 11.8. The van der Waals surface area contributed by atoms with E-state index in [9.17, 15) is 4.79 Å². The third kappa shape index (κ3) is 2.39. The van der Waals surface area contributed by atoms with E-state index < -0.39 is 0 Å². The van der Waals surface area contributed by atoms with E-state index in [1.165, 1.54) is 0 Å². The van der Waals surface area contributed by atoms with Gasteiger partial charge in [0.1, 0.15) is 6.04 Å². The van der Waals surface area contributed by atoms with E-state index >= 15 is 0 Å². The number of carbonyl (C=O) groups is 1. The molecule has 2 rings (SSSR count). The van der Waals surface area contributed by atoms with E-state index in [2.05, 4.69) is 26.1 Å². The second-order valence-corrected chi connectivity index (χ2v) is 5.08. The van der Waals surface area contributed by atoms with Gasteiger partial charge in [0.25, 0.3) is 0 Å². The van der Waals surface area contributed by atoms with Gasteiger partial charge in [-0.3, -0.25) is 4.79 Å². The number of hydrogen-bond donors (Lipinski definition) is 2. The molecule has 1 aromatic carbocycles. The Kier molecular flexibility index (Phi) is 3.57. The van der Waals surface area contributed by atoms with Gasteiger partial charge >= 0.3 is 0 Å². The molecular weight excluding hydrogens is 282 g/mol. The van der Waals surface area contributed by atoms with Crippen molar-refractivity contribution in [2.24, 2.45) is 0 Å². The number of halogens is 1. The average molecular weight is 298 g/mol. The van der Waals surface area contributed by atoms with Crippen LogP contribution in [0.3, 0.4) is 0 Å². The van der Waals surface area contributed by atoms with Crippen molar-refractivity contribution in [1.29, 1.82) is 0 Å². The summed E-state index contributed by atoms with van der Waals surface area (Å²) in [7, 11) is 1.67. The monoisotopic (exact) mass is 297 g/mol. The number of amides is 1. The molecule has 0 aromatic heterocycles. The lowest BCUT2D eigenvalue weighted by Gasteiger charge is -2.26. The first-order valence-corrected chi connectivity index (χ1v) is 6.46. The quantitative estimate of drug-likeness (QED) is 0.818. The Morgan fingerprint density at radius 3 is 3.00 bits per heavy atom. The maximum absolute atomic E-state index is 11.8. The number of nitrogens with one attached hydrogen (secondary N) is 1. The van der Waals surface area contributed by atoms with Crippen LogP contribution in [0.1, 0.15) is 12.8 Å². The highest BCUT2D eigenvalue weighted by molar-refractivity contribution is 9.10. The van der Waals surface area contributed by atoms with Crippen LogP contribution in [0.4, 0.5) is 11.4 Å². The maximum Gasteiger partial charge on any atom is 0.242 e. The third-order valence-electron chi connectivity index (χ3n) is 3.10. The van der Waals surface area contributed by atoms with E-state index in [0.717, 1.165) is 29.5 Å². The van der Waals surface area contributed by atoms with Crippen LogP contribution >= 0.6 is 15.9 Å². The number of rotatable bonds is 2. The molecule has 92 valence electrons. The minimum absolute atomic E-state index is 0.0600. The Labute approximate surface area is 109 Å². The molecule has 0 radical (unpaired) electrons. The van der Waals surface area contributed by atoms with Gasteiger partial charge in [0, 0.05) is 18.1 Å². The molecule has 1 amide bonds. The van der Waals surface area contributed by atoms with E-state index in [4.69, 9.17) is 5.73 Å². The van der Waals surface area contributed by atoms with Crippen molar-refractivity contribution in [3.8, 4) is 0 Å². The van der Waals surface area contributed by atoms with Gasteiger partial charge in [-0.2, -0.15) is 0 Å². The predicted molar refractivity (Wildman–Crippen MR) is 73.0 cm³/mol. The van der Waals surface area contributed by atoms with Crippen molar-refractivity contribution in [1.82, 2.24) is 5.32 Å². The molecule has 1 unspecified atom stereocenters. The van der Waals surface area contributed by atoms with Gasteiger partial charge in [-0.1, -0.05) is 15.9 Å². The third-order valence-corrected chi connectivity index (χ3v) is 3.59. The fourth-order valence-electron chi connectivity index (χ4n) is 2.28. The van der Waals surface area contributed by atoms with E-state index in [1.807, 2.05) is 18.2 Å². The summed E-state index contributed by atoms with van der Waals surface area (Å²) < 4.78 is 0.953. The normalized spacial score (nSPS) is 19.4. The Morgan fingerprint density at radius 1 is 1.59 bits per heavy atom. The number of hydrogen-bond acceptors (Lipinski definition) is 3. The minimum Gasteiger partial charge on any atom is -0.397 e.